The van der Waals surface area contributed by atoms with Gasteiger partial charge < -0.3 is 5.11 Å². The lowest BCUT2D eigenvalue weighted by molar-refractivity contribution is 0.204. The molecule has 0 aliphatic heterocycles. The van der Waals surface area contributed by atoms with Crippen molar-refractivity contribution in [3.05, 3.63) is 60.2 Å². The summed E-state index contributed by atoms with van der Waals surface area (Å²) in [6.07, 6.45) is -0.951. The summed E-state index contributed by atoms with van der Waals surface area (Å²) >= 11 is 0. The van der Waals surface area contributed by atoms with Crippen LogP contribution in [-0.2, 0) is 10.0 Å². The third kappa shape index (κ3) is 3.61. The van der Waals surface area contributed by atoms with E-state index < -0.39 is 32.7 Å². The van der Waals surface area contributed by atoms with E-state index in [9.17, 15) is 22.3 Å². The molecule has 0 unspecified atom stereocenters. The molecule has 0 bridgehead atoms. The fourth-order valence-electron chi connectivity index (χ4n) is 1.98. The van der Waals surface area contributed by atoms with E-state index in [0.717, 1.165) is 16.4 Å². The first-order chi connectivity index (χ1) is 10.3. The van der Waals surface area contributed by atoms with E-state index in [4.69, 9.17) is 0 Å². The zero-order chi connectivity index (χ0) is 16.3. The van der Waals surface area contributed by atoms with Crippen molar-refractivity contribution in [3.8, 4) is 0 Å². The van der Waals surface area contributed by atoms with E-state index in [0.29, 0.717) is 11.8 Å². The topological polar surface area (TPSA) is 57.6 Å². The lowest BCUT2D eigenvalue weighted by atomic mass is 10.3. The third-order valence-electron chi connectivity index (χ3n) is 2.90. The summed E-state index contributed by atoms with van der Waals surface area (Å²) in [7, 11) is -4.20. The van der Waals surface area contributed by atoms with Crippen LogP contribution in [0.1, 0.15) is 6.92 Å². The van der Waals surface area contributed by atoms with Gasteiger partial charge in [0.05, 0.1) is 23.2 Å². The Morgan fingerprint density at radius 2 is 1.64 bits per heavy atom. The molecule has 1 atom stereocenters. The predicted molar refractivity (Wildman–Crippen MR) is 79.0 cm³/mol. The van der Waals surface area contributed by atoms with Crippen LogP contribution >= 0.6 is 0 Å². The number of halogens is 2. The van der Waals surface area contributed by atoms with E-state index in [1.807, 2.05) is 0 Å². The van der Waals surface area contributed by atoms with Crippen molar-refractivity contribution in [1.29, 1.82) is 0 Å². The largest absolute Gasteiger partial charge is 0.392 e. The summed E-state index contributed by atoms with van der Waals surface area (Å²) in [6, 6.07) is 10.1. The van der Waals surface area contributed by atoms with Crippen molar-refractivity contribution in [2.45, 2.75) is 17.9 Å². The van der Waals surface area contributed by atoms with Crippen molar-refractivity contribution in [2.24, 2.45) is 0 Å². The molecule has 0 aliphatic rings. The van der Waals surface area contributed by atoms with Crippen molar-refractivity contribution in [2.75, 3.05) is 10.8 Å². The Kier molecular flexibility index (Phi) is 4.77. The summed E-state index contributed by atoms with van der Waals surface area (Å²) in [6.45, 7) is 1.20. The van der Waals surface area contributed by atoms with Gasteiger partial charge in [0.1, 0.15) is 11.6 Å². The first kappa shape index (κ1) is 16.4. The SMILES string of the molecule is C[C@H](O)CN(c1ccccc1)S(=O)(=O)c1cc(F)cc(F)c1. The highest BCUT2D eigenvalue weighted by Crippen LogP contribution is 2.25. The second kappa shape index (κ2) is 6.41. The highest BCUT2D eigenvalue weighted by Gasteiger charge is 2.27. The molecule has 22 heavy (non-hydrogen) atoms. The van der Waals surface area contributed by atoms with Crippen LogP contribution in [-0.4, -0.2) is 26.2 Å². The van der Waals surface area contributed by atoms with E-state index in [2.05, 4.69) is 0 Å². The number of hydrogen-bond donors (Lipinski definition) is 1. The summed E-state index contributed by atoms with van der Waals surface area (Å²) in [5.74, 6) is -1.97. The molecule has 118 valence electrons. The summed E-state index contributed by atoms with van der Waals surface area (Å²) in [5, 5.41) is 9.55. The number of aliphatic hydroxyl groups is 1. The number of hydrogen-bond acceptors (Lipinski definition) is 3. The number of rotatable bonds is 5. The van der Waals surface area contributed by atoms with Crippen molar-refractivity contribution in [1.82, 2.24) is 0 Å². The van der Waals surface area contributed by atoms with Crippen molar-refractivity contribution in [3.63, 3.8) is 0 Å². The molecular weight excluding hydrogens is 312 g/mol. The molecule has 0 radical (unpaired) electrons. The molecule has 1 N–H and O–H groups in total. The molecule has 2 aromatic carbocycles. The smallest absolute Gasteiger partial charge is 0.264 e. The van der Waals surface area contributed by atoms with Crippen LogP contribution in [0.3, 0.4) is 0 Å². The quantitative estimate of drug-likeness (QED) is 0.918. The molecule has 2 rings (SSSR count). The highest BCUT2D eigenvalue weighted by atomic mass is 32.2. The number of para-hydroxylation sites is 1. The van der Waals surface area contributed by atoms with Gasteiger partial charge in [0, 0.05) is 6.07 Å². The predicted octanol–water partition coefficient (Wildman–Crippen LogP) is 2.54. The number of nitrogens with zero attached hydrogens (tertiary/aromatic N) is 1. The molecule has 0 saturated heterocycles. The Morgan fingerprint density at radius 3 is 2.14 bits per heavy atom. The van der Waals surface area contributed by atoms with Gasteiger partial charge in [-0.1, -0.05) is 18.2 Å². The van der Waals surface area contributed by atoms with Gasteiger partial charge in [-0.25, -0.2) is 17.2 Å². The molecule has 0 saturated carbocycles. The number of anilines is 1. The molecule has 0 aromatic heterocycles. The molecule has 4 nitrogen and oxygen atoms in total. The summed E-state index contributed by atoms with van der Waals surface area (Å²) < 4.78 is 52.9. The average molecular weight is 327 g/mol. The lowest BCUT2D eigenvalue weighted by Crippen LogP contribution is -2.36. The standard InChI is InChI=1S/C15H15F2NO3S/c1-11(19)10-18(14-5-3-2-4-6-14)22(20,21)15-8-12(16)7-13(17)9-15/h2-9,11,19H,10H2,1H3/t11-/m0/s1. The molecule has 0 aliphatic carbocycles. The Balaban J connectivity index is 2.54. The van der Waals surface area contributed by atoms with E-state index in [1.54, 1.807) is 18.2 Å². The summed E-state index contributed by atoms with van der Waals surface area (Å²) in [4.78, 5) is -0.505. The van der Waals surface area contributed by atoms with E-state index in [1.165, 1.54) is 19.1 Å². The van der Waals surface area contributed by atoms with Gasteiger partial charge in [-0.3, -0.25) is 4.31 Å². The van der Waals surface area contributed by atoms with Gasteiger partial charge in [-0.2, -0.15) is 0 Å². The van der Waals surface area contributed by atoms with E-state index in [-0.39, 0.29) is 6.54 Å². The number of sulfonamides is 1. The molecule has 0 spiro atoms. The fraction of sp³-hybridized carbons (Fsp3) is 0.200. The molecular formula is C15H15F2NO3S. The van der Waals surface area contributed by atoms with Gasteiger partial charge in [-0.15, -0.1) is 0 Å². The maximum atomic E-state index is 13.3. The summed E-state index contributed by atoms with van der Waals surface area (Å²) in [5.41, 5.74) is 0.299. The van der Waals surface area contributed by atoms with Crippen molar-refractivity contribution < 1.29 is 22.3 Å². The van der Waals surface area contributed by atoms with Gasteiger partial charge in [-0.05, 0) is 31.2 Å². The van der Waals surface area contributed by atoms with Crippen LogP contribution in [0.5, 0.6) is 0 Å². The normalized spacial score (nSPS) is 12.9. The van der Waals surface area contributed by atoms with Crippen LogP contribution in [0.15, 0.2) is 53.4 Å². The first-order valence-electron chi connectivity index (χ1n) is 6.52. The number of benzene rings is 2. The highest BCUT2D eigenvalue weighted by molar-refractivity contribution is 7.92. The molecule has 7 heteroatoms. The van der Waals surface area contributed by atoms with E-state index >= 15 is 0 Å². The van der Waals surface area contributed by atoms with Gasteiger partial charge in [0.15, 0.2) is 0 Å². The number of aliphatic hydroxyl groups excluding tert-OH is 1. The van der Waals surface area contributed by atoms with Gasteiger partial charge >= 0.3 is 0 Å². The monoisotopic (exact) mass is 327 g/mol. The Morgan fingerprint density at radius 1 is 1.09 bits per heavy atom. The van der Waals surface area contributed by atoms with Gasteiger partial charge in [0.25, 0.3) is 10.0 Å². The molecule has 2 aromatic rings. The Hall–Kier alpha value is -1.99. The minimum atomic E-state index is -4.20. The Labute approximate surface area is 127 Å². The van der Waals surface area contributed by atoms with Crippen LogP contribution in [0, 0.1) is 11.6 Å². The van der Waals surface area contributed by atoms with Crippen LogP contribution in [0.2, 0.25) is 0 Å². The van der Waals surface area contributed by atoms with Crippen molar-refractivity contribution >= 4 is 15.7 Å². The maximum Gasteiger partial charge on any atom is 0.264 e. The van der Waals surface area contributed by atoms with Crippen LogP contribution < -0.4 is 4.31 Å². The third-order valence-corrected chi connectivity index (χ3v) is 4.67. The zero-order valence-corrected chi connectivity index (χ0v) is 12.6. The van der Waals surface area contributed by atoms with Gasteiger partial charge in [0.2, 0.25) is 0 Å². The first-order valence-corrected chi connectivity index (χ1v) is 7.96. The molecule has 0 fully saturated rings. The molecule has 0 heterocycles. The second-order valence-corrected chi connectivity index (χ2v) is 6.69. The lowest BCUT2D eigenvalue weighted by Gasteiger charge is -2.25. The minimum Gasteiger partial charge on any atom is -0.392 e. The fourth-order valence-corrected chi connectivity index (χ4v) is 3.57. The minimum absolute atomic E-state index is 0.232. The van der Waals surface area contributed by atoms with Crippen LogP contribution in [0.25, 0.3) is 0 Å². The average Bonchev–Trinajstić information content (AvgIpc) is 2.44. The van der Waals surface area contributed by atoms with Crippen LogP contribution in [0.4, 0.5) is 14.5 Å². The second-order valence-electron chi connectivity index (χ2n) is 4.83. The Bertz CT molecular complexity index is 728. The molecule has 0 amide bonds. The maximum absolute atomic E-state index is 13.3. The zero-order valence-electron chi connectivity index (χ0n) is 11.8.